The Hall–Kier alpha value is -3.93. The van der Waals surface area contributed by atoms with Crippen LogP contribution in [0.3, 0.4) is 0 Å². The average molecular weight is 986 g/mol. The van der Waals surface area contributed by atoms with Gasteiger partial charge in [0, 0.05) is 19.3 Å². The maximum absolute atomic E-state index is 12.9. The quantitative estimate of drug-likeness (QED) is 0.0261. The molecule has 0 saturated carbocycles. The predicted molar refractivity (Wildman–Crippen MR) is 307 cm³/mol. The Bertz CT molecular complexity index is 1460. The van der Waals surface area contributed by atoms with Crippen LogP contribution in [0.15, 0.2) is 109 Å². The molecule has 0 aromatic carbocycles. The number of allylic oxidation sites excluding steroid dienone is 18. The molecule has 0 aliphatic carbocycles. The lowest BCUT2D eigenvalue weighted by Crippen LogP contribution is -2.30. The molecule has 0 rings (SSSR count). The summed E-state index contributed by atoms with van der Waals surface area (Å²) in [5.74, 6) is -0.924. The lowest BCUT2D eigenvalue weighted by Gasteiger charge is -2.18. The van der Waals surface area contributed by atoms with Crippen LogP contribution in [0, 0.1) is 0 Å². The molecule has 0 saturated heterocycles. The van der Waals surface area contributed by atoms with Gasteiger partial charge in [0.2, 0.25) is 0 Å². The standard InChI is InChI=1S/C65H108O6/c1-4-7-10-13-16-19-22-25-27-29-30-31-32-33-34-36-37-40-43-46-49-52-55-58-64(67)70-61-62(60-69-63(66)57-54-51-48-45-42-39-24-21-18-15-12-9-6-3)71-65(68)59-56-53-50-47-44-41-38-35-28-26-23-20-17-14-11-8-5-2/h7,10,12,15-17,19-21,24-28,30-31,33-34,62H,4-6,8-9,11,13-14,18,22-23,29,32,35-61H2,1-3H3/b10-7-,15-12-,19-16-,20-17-,24-21-,27-25-,28-26-,31-30-,34-33-. The van der Waals surface area contributed by atoms with Crippen molar-refractivity contribution in [2.45, 2.75) is 271 Å². The molecule has 0 spiro atoms. The first-order valence-electron chi connectivity index (χ1n) is 29.4. The second-order valence-electron chi connectivity index (χ2n) is 19.2. The highest BCUT2D eigenvalue weighted by atomic mass is 16.6. The number of hydrogen-bond donors (Lipinski definition) is 0. The summed E-state index contributed by atoms with van der Waals surface area (Å²) in [5, 5.41) is 0. The molecule has 0 fully saturated rings. The van der Waals surface area contributed by atoms with Gasteiger partial charge in [0.05, 0.1) is 0 Å². The smallest absolute Gasteiger partial charge is 0.306 e. The number of esters is 3. The molecular formula is C65H108O6. The van der Waals surface area contributed by atoms with E-state index in [1.165, 1.54) is 83.5 Å². The zero-order valence-electron chi connectivity index (χ0n) is 46.2. The maximum Gasteiger partial charge on any atom is 0.306 e. The normalized spacial score (nSPS) is 12.9. The van der Waals surface area contributed by atoms with E-state index in [-0.39, 0.29) is 31.1 Å². The molecule has 1 unspecified atom stereocenters. The molecular weight excluding hydrogens is 877 g/mol. The van der Waals surface area contributed by atoms with Crippen molar-refractivity contribution in [3.05, 3.63) is 109 Å². The van der Waals surface area contributed by atoms with Gasteiger partial charge in [0.1, 0.15) is 13.2 Å². The van der Waals surface area contributed by atoms with Crippen LogP contribution in [0.1, 0.15) is 265 Å². The molecule has 0 aliphatic rings. The minimum absolute atomic E-state index is 0.0931. The summed E-state index contributed by atoms with van der Waals surface area (Å²) in [6.07, 6.45) is 79.3. The first kappa shape index (κ1) is 67.1. The van der Waals surface area contributed by atoms with E-state index in [0.29, 0.717) is 19.3 Å². The van der Waals surface area contributed by atoms with Gasteiger partial charge >= 0.3 is 17.9 Å². The van der Waals surface area contributed by atoms with Gasteiger partial charge in [0.15, 0.2) is 6.10 Å². The van der Waals surface area contributed by atoms with Gasteiger partial charge in [-0.1, -0.05) is 233 Å². The molecule has 71 heavy (non-hydrogen) atoms. The highest BCUT2D eigenvalue weighted by Gasteiger charge is 2.19. The Morgan fingerprint density at radius 1 is 0.296 bits per heavy atom. The van der Waals surface area contributed by atoms with Crippen LogP contribution in [0.4, 0.5) is 0 Å². The lowest BCUT2D eigenvalue weighted by molar-refractivity contribution is -0.167. The van der Waals surface area contributed by atoms with Crippen molar-refractivity contribution in [1.82, 2.24) is 0 Å². The van der Waals surface area contributed by atoms with Crippen LogP contribution in [0.5, 0.6) is 0 Å². The van der Waals surface area contributed by atoms with Gasteiger partial charge in [-0.15, -0.1) is 0 Å². The fraction of sp³-hybridized carbons (Fsp3) is 0.677. The molecule has 0 radical (unpaired) electrons. The first-order chi connectivity index (χ1) is 35.0. The molecule has 0 bridgehead atoms. The summed E-state index contributed by atoms with van der Waals surface area (Å²) >= 11 is 0. The van der Waals surface area contributed by atoms with E-state index >= 15 is 0 Å². The third-order valence-corrected chi connectivity index (χ3v) is 12.2. The summed E-state index contributed by atoms with van der Waals surface area (Å²) in [5.41, 5.74) is 0. The molecule has 1 atom stereocenters. The monoisotopic (exact) mass is 985 g/mol. The van der Waals surface area contributed by atoms with E-state index < -0.39 is 6.10 Å². The first-order valence-corrected chi connectivity index (χ1v) is 29.4. The SMILES string of the molecule is CC/C=C\C/C=C\C/C=C\C/C=C\C/C=C\CCCCCCCCCC(=O)OCC(COC(=O)CCCCCCC/C=C\C/C=C\CCC)OC(=O)CCCCCCCCC/C=C\C/C=C\CCCCC. The van der Waals surface area contributed by atoms with Crippen LogP contribution in [-0.4, -0.2) is 37.2 Å². The molecule has 0 amide bonds. The van der Waals surface area contributed by atoms with Crippen molar-refractivity contribution in [3.63, 3.8) is 0 Å². The highest BCUT2D eigenvalue weighted by Crippen LogP contribution is 2.14. The summed E-state index contributed by atoms with van der Waals surface area (Å²) in [4.78, 5) is 38.2. The van der Waals surface area contributed by atoms with Crippen molar-refractivity contribution in [1.29, 1.82) is 0 Å². The molecule has 404 valence electrons. The van der Waals surface area contributed by atoms with Crippen molar-refractivity contribution in [3.8, 4) is 0 Å². The maximum atomic E-state index is 12.9. The van der Waals surface area contributed by atoms with E-state index in [1.54, 1.807) is 0 Å². The topological polar surface area (TPSA) is 78.9 Å². The number of hydrogen-bond acceptors (Lipinski definition) is 6. The van der Waals surface area contributed by atoms with Crippen molar-refractivity contribution < 1.29 is 28.6 Å². The highest BCUT2D eigenvalue weighted by molar-refractivity contribution is 5.71. The zero-order valence-corrected chi connectivity index (χ0v) is 46.2. The number of carbonyl (C=O) groups excluding carboxylic acids is 3. The second-order valence-corrected chi connectivity index (χ2v) is 19.2. The van der Waals surface area contributed by atoms with Crippen LogP contribution in [0.2, 0.25) is 0 Å². The number of rotatable bonds is 52. The minimum Gasteiger partial charge on any atom is -0.462 e. The number of unbranched alkanes of at least 4 members (excludes halogenated alkanes) is 23. The second kappa shape index (κ2) is 58.6. The Balaban J connectivity index is 4.40. The molecule has 0 aromatic rings. The summed E-state index contributed by atoms with van der Waals surface area (Å²) in [7, 11) is 0. The molecule has 6 nitrogen and oxygen atoms in total. The average Bonchev–Trinajstić information content (AvgIpc) is 3.37. The largest absolute Gasteiger partial charge is 0.462 e. The Morgan fingerprint density at radius 3 is 0.915 bits per heavy atom. The molecule has 0 N–H and O–H groups in total. The Kier molecular flexibility index (Phi) is 55.4. The van der Waals surface area contributed by atoms with Gasteiger partial charge < -0.3 is 14.2 Å². The molecule has 0 aromatic heterocycles. The third-order valence-electron chi connectivity index (χ3n) is 12.2. The van der Waals surface area contributed by atoms with E-state index in [9.17, 15) is 14.4 Å². The lowest BCUT2D eigenvalue weighted by atomic mass is 10.1. The molecule has 0 aliphatic heterocycles. The van der Waals surface area contributed by atoms with E-state index in [4.69, 9.17) is 14.2 Å². The fourth-order valence-electron chi connectivity index (χ4n) is 7.83. The minimum atomic E-state index is -0.795. The summed E-state index contributed by atoms with van der Waals surface area (Å²) in [6, 6.07) is 0. The van der Waals surface area contributed by atoms with Crippen molar-refractivity contribution in [2.75, 3.05) is 13.2 Å². The van der Waals surface area contributed by atoms with Crippen molar-refractivity contribution in [2.24, 2.45) is 0 Å². The Morgan fingerprint density at radius 2 is 0.577 bits per heavy atom. The zero-order chi connectivity index (χ0) is 51.4. The summed E-state index contributed by atoms with van der Waals surface area (Å²) in [6.45, 7) is 6.41. The van der Waals surface area contributed by atoms with Crippen LogP contribution in [-0.2, 0) is 28.6 Å². The van der Waals surface area contributed by atoms with Gasteiger partial charge in [-0.2, -0.15) is 0 Å². The van der Waals surface area contributed by atoms with E-state index in [1.807, 2.05) is 0 Å². The van der Waals surface area contributed by atoms with E-state index in [0.717, 1.165) is 141 Å². The van der Waals surface area contributed by atoms with Crippen LogP contribution < -0.4 is 0 Å². The number of carbonyl (C=O) groups is 3. The number of ether oxygens (including phenoxy) is 3. The van der Waals surface area contributed by atoms with Crippen molar-refractivity contribution >= 4 is 17.9 Å². The Labute approximate surface area is 438 Å². The van der Waals surface area contributed by atoms with Crippen LogP contribution in [0.25, 0.3) is 0 Å². The molecule has 0 heterocycles. The van der Waals surface area contributed by atoms with Gasteiger partial charge in [0.25, 0.3) is 0 Å². The predicted octanol–water partition coefficient (Wildman–Crippen LogP) is 19.9. The van der Waals surface area contributed by atoms with E-state index in [2.05, 4.69) is 130 Å². The van der Waals surface area contributed by atoms with Gasteiger partial charge in [-0.3, -0.25) is 14.4 Å². The van der Waals surface area contributed by atoms with Gasteiger partial charge in [-0.25, -0.2) is 0 Å². The summed E-state index contributed by atoms with van der Waals surface area (Å²) < 4.78 is 16.9. The van der Waals surface area contributed by atoms with Crippen LogP contribution >= 0.6 is 0 Å². The van der Waals surface area contributed by atoms with Gasteiger partial charge in [-0.05, 0) is 122 Å². The fourth-order valence-corrected chi connectivity index (χ4v) is 7.83. The molecule has 6 heteroatoms. The third kappa shape index (κ3) is 56.9.